The Balaban J connectivity index is 1.71. The standard InChI is InChI=1S/C22H18O9/c23-12-7-16(26)13-9-20(31-22(29)11-2-4-15(25)18(28)6-11)21(30-19(13)8-12)10-1-3-14(24)17(27)5-10/h1-8,20-21,23-28H,9H2/t20?,21-/m1/s1. The summed E-state index contributed by atoms with van der Waals surface area (Å²) in [5, 5.41) is 58.5. The Labute approximate surface area is 175 Å². The molecule has 0 saturated carbocycles. The van der Waals surface area contributed by atoms with E-state index >= 15 is 0 Å². The average molecular weight is 426 g/mol. The summed E-state index contributed by atoms with van der Waals surface area (Å²) in [6, 6.07) is 9.87. The van der Waals surface area contributed by atoms with Gasteiger partial charge >= 0.3 is 5.97 Å². The van der Waals surface area contributed by atoms with E-state index in [1.807, 2.05) is 0 Å². The van der Waals surface area contributed by atoms with Crippen molar-refractivity contribution in [2.45, 2.75) is 18.6 Å². The number of hydrogen-bond acceptors (Lipinski definition) is 9. The van der Waals surface area contributed by atoms with E-state index in [9.17, 15) is 35.4 Å². The van der Waals surface area contributed by atoms with Gasteiger partial charge in [-0.1, -0.05) is 6.07 Å². The lowest BCUT2D eigenvalue weighted by Gasteiger charge is -2.34. The van der Waals surface area contributed by atoms with Crippen molar-refractivity contribution in [2.75, 3.05) is 0 Å². The molecule has 1 aliphatic heterocycles. The molecule has 160 valence electrons. The van der Waals surface area contributed by atoms with E-state index < -0.39 is 35.4 Å². The van der Waals surface area contributed by atoms with Crippen molar-refractivity contribution >= 4 is 5.97 Å². The van der Waals surface area contributed by atoms with Gasteiger partial charge in [-0.2, -0.15) is 0 Å². The van der Waals surface area contributed by atoms with Crippen LogP contribution in [0.5, 0.6) is 40.2 Å². The number of phenolic OH excluding ortho intramolecular Hbond substituents is 6. The number of rotatable bonds is 3. The third kappa shape index (κ3) is 3.80. The maximum Gasteiger partial charge on any atom is 0.338 e. The molecule has 1 unspecified atom stereocenters. The summed E-state index contributed by atoms with van der Waals surface area (Å²) in [5.41, 5.74) is 0.655. The molecule has 9 heteroatoms. The van der Waals surface area contributed by atoms with Crippen molar-refractivity contribution in [3.63, 3.8) is 0 Å². The van der Waals surface area contributed by atoms with Gasteiger partial charge in [0.25, 0.3) is 0 Å². The predicted molar refractivity (Wildman–Crippen MR) is 106 cm³/mol. The number of carbonyl (C=O) groups is 1. The van der Waals surface area contributed by atoms with Crippen LogP contribution in [0.25, 0.3) is 0 Å². The van der Waals surface area contributed by atoms with Gasteiger partial charge in [-0.25, -0.2) is 4.79 Å². The van der Waals surface area contributed by atoms with Crippen molar-refractivity contribution in [3.8, 4) is 40.2 Å². The lowest BCUT2D eigenvalue weighted by Crippen LogP contribution is -2.34. The molecule has 3 aromatic carbocycles. The zero-order chi connectivity index (χ0) is 22.3. The molecule has 0 spiro atoms. The summed E-state index contributed by atoms with van der Waals surface area (Å²) in [7, 11) is 0. The first-order valence-electron chi connectivity index (χ1n) is 9.19. The van der Waals surface area contributed by atoms with Crippen LogP contribution >= 0.6 is 0 Å². The Bertz CT molecular complexity index is 1170. The molecule has 2 atom stereocenters. The summed E-state index contributed by atoms with van der Waals surface area (Å²) in [5.74, 6) is -2.75. The minimum absolute atomic E-state index is 0.0174. The van der Waals surface area contributed by atoms with Crippen LogP contribution in [0.4, 0.5) is 0 Å². The van der Waals surface area contributed by atoms with E-state index in [4.69, 9.17) is 9.47 Å². The molecular weight excluding hydrogens is 408 g/mol. The zero-order valence-electron chi connectivity index (χ0n) is 15.9. The van der Waals surface area contributed by atoms with E-state index in [2.05, 4.69) is 0 Å². The van der Waals surface area contributed by atoms with Gasteiger partial charge in [0.2, 0.25) is 0 Å². The second kappa shape index (κ2) is 7.52. The number of phenols is 6. The quantitative estimate of drug-likeness (QED) is 0.274. The van der Waals surface area contributed by atoms with Crippen LogP contribution in [0.3, 0.4) is 0 Å². The second-order valence-corrected chi connectivity index (χ2v) is 7.08. The molecule has 0 radical (unpaired) electrons. The first-order valence-corrected chi connectivity index (χ1v) is 9.19. The van der Waals surface area contributed by atoms with E-state index in [1.165, 1.54) is 30.3 Å². The highest BCUT2D eigenvalue weighted by Crippen LogP contribution is 2.44. The second-order valence-electron chi connectivity index (χ2n) is 7.08. The maximum absolute atomic E-state index is 12.7. The normalized spacial score (nSPS) is 17.4. The molecule has 0 saturated heterocycles. The molecule has 6 N–H and O–H groups in total. The van der Waals surface area contributed by atoms with Crippen LogP contribution in [0, 0.1) is 0 Å². The zero-order valence-corrected chi connectivity index (χ0v) is 15.9. The number of ether oxygens (including phenoxy) is 2. The monoisotopic (exact) mass is 426 g/mol. The Hall–Kier alpha value is -4.27. The molecule has 0 amide bonds. The van der Waals surface area contributed by atoms with Gasteiger partial charge in [0.1, 0.15) is 23.4 Å². The van der Waals surface area contributed by atoms with E-state index in [0.717, 1.165) is 18.2 Å². The van der Waals surface area contributed by atoms with Gasteiger partial charge in [-0.15, -0.1) is 0 Å². The molecule has 0 bridgehead atoms. The Morgan fingerprint density at radius 2 is 1.48 bits per heavy atom. The molecular formula is C22H18O9. The average Bonchev–Trinajstić information content (AvgIpc) is 2.72. The van der Waals surface area contributed by atoms with Crippen molar-refractivity contribution in [2.24, 2.45) is 0 Å². The lowest BCUT2D eigenvalue weighted by molar-refractivity contribution is -0.0188. The number of benzene rings is 3. The van der Waals surface area contributed by atoms with E-state index in [0.29, 0.717) is 11.1 Å². The highest BCUT2D eigenvalue weighted by Gasteiger charge is 2.36. The van der Waals surface area contributed by atoms with Crippen LogP contribution < -0.4 is 4.74 Å². The van der Waals surface area contributed by atoms with Crippen molar-refractivity contribution < 1.29 is 44.9 Å². The summed E-state index contributed by atoms with van der Waals surface area (Å²) < 4.78 is 11.5. The third-order valence-electron chi connectivity index (χ3n) is 4.96. The Kier molecular flexibility index (Phi) is 4.86. The molecule has 0 aromatic heterocycles. The minimum atomic E-state index is -0.977. The van der Waals surface area contributed by atoms with E-state index in [-0.39, 0.29) is 35.0 Å². The van der Waals surface area contributed by atoms with Gasteiger partial charge in [0, 0.05) is 29.7 Å². The largest absolute Gasteiger partial charge is 0.508 e. The Morgan fingerprint density at radius 1 is 0.806 bits per heavy atom. The molecule has 1 heterocycles. The molecule has 9 nitrogen and oxygen atoms in total. The fraction of sp³-hybridized carbons (Fsp3) is 0.136. The molecule has 4 rings (SSSR count). The van der Waals surface area contributed by atoms with Gasteiger partial charge in [0.05, 0.1) is 5.56 Å². The van der Waals surface area contributed by atoms with Gasteiger partial charge in [0.15, 0.2) is 29.1 Å². The first kappa shape index (κ1) is 20.0. The van der Waals surface area contributed by atoms with E-state index in [1.54, 1.807) is 0 Å². The smallest absolute Gasteiger partial charge is 0.338 e. The molecule has 0 fully saturated rings. The topological polar surface area (TPSA) is 157 Å². The number of fused-ring (bicyclic) bond motifs is 1. The summed E-state index contributed by atoms with van der Waals surface area (Å²) in [6.07, 6.45) is -1.91. The highest BCUT2D eigenvalue weighted by molar-refractivity contribution is 5.90. The Morgan fingerprint density at radius 3 is 2.16 bits per heavy atom. The molecule has 3 aromatic rings. The third-order valence-corrected chi connectivity index (χ3v) is 4.96. The molecule has 1 aliphatic rings. The van der Waals surface area contributed by atoms with Crippen LogP contribution in [-0.2, 0) is 11.2 Å². The van der Waals surface area contributed by atoms with Crippen LogP contribution in [0.2, 0.25) is 0 Å². The van der Waals surface area contributed by atoms with Crippen molar-refractivity contribution in [1.82, 2.24) is 0 Å². The van der Waals surface area contributed by atoms with Gasteiger partial charge in [-0.05, 0) is 30.3 Å². The van der Waals surface area contributed by atoms with Crippen LogP contribution in [0.1, 0.15) is 27.6 Å². The molecule has 31 heavy (non-hydrogen) atoms. The summed E-state index contributed by atoms with van der Waals surface area (Å²) in [4.78, 5) is 12.7. The van der Waals surface area contributed by atoms with Gasteiger partial charge < -0.3 is 40.1 Å². The lowest BCUT2D eigenvalue weighted by atomic mass is 9.93. The van der Waals surface area contributed by atoms with Crippen molar-refractivity contribution in [3.05, 3.63) is 65.2 Å². The minimum Gasteiger partial charge on any atom is -0.508 e. The van der Waals surface area contributed by atoms with Crippen LogP contribution in [0.15, 0.2) is 48.5 Å². The first-order chi connectivity index (χ1) is 14.7. The number of esters is 1. The number of carbonyl (C=O) groups excluding carboxylic acids is 1. The SMILES string of the molecule is O=C(OC1Cc2c(O)cc(O)cc2O[C@@H]1c1ccc(O)c(O)c1)c1ccc(O)c(O)c1. The summed E-state index contributed by atoms with van der Waals surface area (Å²) >= 11 is 0. The van der Waals surface area contributed by atoms with Gasteiger partial charge in [-0.3, -0.25) is 0 Å². The number of hydrogen-bond donors (Lipinski definition) is 6. The highest BCUT2D eigenvalue weighted by atomic mass is 16.6. The fourth-order valence-electron chi connectivity index (χ4n) is 3.41. The number of aromatic hydroxyl groups is 6. The van der Waals surface area contributed by atoms with Crippen molar-refractivity contribution in [1.29, 1.82) is 0 Å². The molecule has 0 aliphatic carbocycles. The predicted octanol–water partition coefficient (Wildman–Crippen LogP) is 2.82. The summed E-state index contributed by atoms with van der Waals surface area (Å²) in [6.45, 7) is 0. The maximum atomic E-state index is 12.7. The van der Waals surface area contributed by atoms with Crippen LogP contribution in [-0.4, -0.2) is 42.7 Å². The fourth-order valence-corrected chi connectivity index (χ4v) is 3.41.